The molecule has 1 saturated carbocycles. The minimum Gasteiger partial charge on any atom is -0.326 e. The van der Waals surface area contributed by atoms with Crippen molar-refractivity contribution < 1.29 is 40.7 Å². The number of amides is 3. The average molecular weight is 659 g/mol. The molecule has 0 spiro atoms. The van der Waals surface area contributed by atoms with Crippen molar-refractivity contribution in [3.05, 3.63) is 86.9 Å². The fourth-order valence-corrected chi connectivity index (χ4v) is 5.09. The molecule has 0 heterocycles. The third-order valence-corrected chi connectivity index (χ3v) is 7.64. The Morgan fingerprint density at radius 3 is 2.12 bits per heavy atom. The zero-order valence-electron chi connectivity index (χ0n) is 19.8. The van der Waals surface area contributed by atoms with Crippen LogP contribution in [0.5, 0.6) is 0 Å². The molecule has 3 N–H and O–H groups in total. The van der Waals surface area contributed by atoms with E-state index in [9.17, 15) is 40.7 Å². The van der Waals surface area contributed by atoms with Gasteiger partial charge in [0.2, 0.25) is 5.91 Å². The van der Waals surface area contributed by atoms with E-state index >= 15 is 0 Å². The van der Waals surface area contributed by atoms with Crippen LogP contribution in [0, 0.1) is 29.2 Å². The molecule has 1 fully saturated rings. The Balaban J connectivity index is 1.56. The Bertz CT molecular complexity index is 1590. The van der Waals surface area contributed by atoms with Gasteiger partial charge in [0.25, 0.3) is 11.8 Å². The maximum Gasteiger partial charge on any atom is 0.315 e. The third kappa shape index (κ3) is 6.20. The molecule has 16 heteroatoms. The van der Waals surface area contributed by atoms with E-state index in [1.54, 1.807) is 5.32 Å². The van der Waals surface area contributed by atoms with Crippen LogP contribution in [-0.4, -0.2) is 28.5 Å². The predicted octanol–water partition coefficient (Wildman–Crippen LogP) is 7.53. The number of anilines is 3. The zero-order chi connectivity index (χ0) is 30.4. The average Bonchev–Trinajstić information content (AvgIpc) is 3.48. The molecule has 216 valence electrons. The summed E-state index contributed by atoms with van der Waals surface area (Å²) in [6.07, 6.45) is -3.54. The Morgan fingerprint density at radius 2 is 1.49 bits per heavy atom. The summed E-state index contributed by atoms with van der Waals surface area (Å²) in [5.41, 5.74) is -3.26. The molecule has 2 atom stereocenters. The SMILES string of the molecule is O=C(Nc1c(F)ccc(NC(=O)C(F)F)c1F)c1cc(NC(=O)C2[C@H](c3ccc(Cl)c(Cl)c3)C2(Cl)Cl)cc(F)c1F. The molecule has 0 aliphatic heterocycles. The van der Waals surface area contributed by atoms with E-state index in [1.807, 2.05) is 0 Å². The number of halogens is 10. The number of rotatable bonds is 7. The second kappa shape index (κ2) is 11.6. The van der Waals surface area contributed by atoms with Crippen LogP contribution >= 0.6 is 46.4 Å². The lowest BCUT2D eigenvalue weighted by Crippen LogP contribution is -2.22. The first-order valence-electron chi connectivity index (χ1n) is 11.1. The van der Waals surface area contributed by atoms with E-state index in [0.29, 0.717) is 29.8 Å². The zero-order valence-corrected chi connectivity index (χ0v) is 22.8. The molecule has 1 aliphatic rings. The van der Waals surface area contributed by atoms with Crippen molar-refractivity contribution in [3.63, 3.8) is 0 Å². The van der Waals surface area contributed by atoms with Crippen molar-refractivity contribution in [1.82, 2.24) is 0 Å². The number of hydrogen-bond acceptors (Lipinski definition) is 3. The van der Waals surface area contributed by atoms with Crippen molar-refractivity contribution in [2.45, 2.75) is 16.7 Å². The first-order valence-corrected chi connectivity index (χ1v) is 12.7. The maximum absolute atomic E-state index is 14.7. The molecule has 1 aliphatic carbocycles. The summed E-state index contributed by atoms with van der Waals surface area (Å²) < 4.78 is 81.2. The molecule has 6 nitrogen and oxygen atoms in total. The van der Waals surface area contributed by atoms with Crippen molar-refractivity contribution in [2.75, 3.05) is 16.0 Å². The summed E-state index contributed by atoms with van der Waals surface area (Å²) in [6, 6.07) is 6.79. The van der Waals surface area contributed by atoms with E-state index in [-0.39, 0.29) is 10.0 Å². The maximum atomic E-state index is 14.7. The topological polar surface area (TPSA) is 87.3 Å². The molecular formula is C25H13Cl4F6N3O3. The summed E-state index contributed by atoms with van der Waals surface area (Å²) in [4.78, 5) is 36.8. The van der Waals surface area contributed by atoms with Crippen LogP contribution in [0.1, 0.15) is 21.8 Å². The first kappa shape index (κ1) is 30.8. The molecule has 3 aromatic carbocycles. The van der Waals surface area contributed by atoms with Crippen molar-refractivity contribution >= 4 is 81.2 Å². The van der Waals surface area contributed by atoms with Gasteiger partial charge in [-0.1, -0.05) is 29.3 Å². The molecule has 0 bridgehead atoms. The second-order valence-corrected chi connectivity index (χ2v) is 10.9. The van der Waals surface area contributed by atoms with Crippen LogP contribution in [0.2, 0.25) is 10.0 Å². The fourth-order valence-electron chi connectivity index (χ4n) is 3.95. The van der Waals surface area contributed by atoms with Gasteiger partial charge in [0.15, 0.2) is 17.5 Å². The minimum atomic E-state index is -3.54. The lowest BCUT2D eigenvalue weighted by molar-refractivity contribution is -0.126. The lowest BCUT2D eigenvalue weighted by atomic mass is 10.1. The molecule has 1 unspecified atom stereocenters. The summed E-state index contributed by atoms with van der Waals surface area (Å²) in [5.74, 6) is -12.7. The molecule has 41 heavy (non-hydrogen) atoms. The molecular weight excluding hydrogens is 646 g/mol. The number of alkyl halides is 4. The predicted molar refractivity (Wildman–Crippen MR) is 141 cm³/mol. The number of benzene rings is 3. The van der Waals surface area contributed by atoms with Gasteiger partial charge in [-0.3, -0.25) is 14.4 Å². The fraction of sp³-hybridized carbons (Fsp3) is 0.160. The Kier molecular flexibility index (Phi) is 8.70. The molecule has 4 rings (SSSR count). The normalized spacial score (nSPS) is 17.2. The van der Waals surface area contributed by atoms with Crippen molar-refractivity contribution in [1.29, 1.82) is 0 Å². The van der Waals surface area contributed by atoms with E-state index in [0.717, 1.165) is 0 Å². The molecule has 0 aromatic heterocycles. The smallest absolute Gasteiger partial charge is 0.315 e. The van der Waals surface area contributed by atoms with Crippen molar-refractivity contribution in [3.8, 4) is 0 Å². The number of carbonyl (C=O) groups is 3. The van der Waals surface area contributed by atoms with Gasteiger partial charge >= 0.3 is 6.43 Å². The molecule has 0 saturated heterocycles. The summed E-state index contributed by atoms with van der Waals surface area (Å²) >= 11 is 24.4. The second-order valence-electron chi connectivity index (χ2n) is 8.64. The Morgan fingerprint density at radius 1 is 0.805 bits per heavy atom. The van der Waals surface area contributed by atoms with Gasteiger partial charge in [0, 0.05) is 17.7 Å². The highest BCUT2D eigenvalue weighted by molar-refractivity contribution is 6.53. The van der Waals surface area contributed by atoms with Crippen LogP contribution < -0.4 is 16.0 Å². The largest absolute Gasteiger partial charge is 0.326 e. The number of carbonyl (C=O) groups excluding carboxylic acids is 3. The van der Waals surface area contributed by atoms with Gasteiger partial charge < -0.3 is 16.0 Å². The Labute approximate surface area is 246 Å². The summed E-state index contributed by atoms with van der Waals surface area (Å²) in [6.45, 7) is 0. The van der Waals surface area contributed by atoms with E-state index in [1.165, 1.54) is 23.5 Å². The van der Waals surface area contributed by atoms with Crippen LogP contribution in [0.3, 0.4) is 0 Å². The van der Waals surface area contributed by atoms with Crippen LogP contribution in [0.15, 0.2) is 42.5 Å². The highest BCUT2D eigenvalue weighted by Crippen LogP contribution is 2.65. The highest BCUT2D eigenvalue weighted by Gasteiger charge is 2.67. The minimum absolute atomic E-state index is 0.172. The van der Waals surface area contributed by atoms with Gasteiger partial charge in [-0.15, -0.1) is 23.2 Å². The van der Waals surface area contributed by atoms with Crippen molar-refractivity contribution in [2.24, 2.45) is 5.92 Å². The molecule has 3 aromatic rings. The van der Waals surface area contributed by atoms with Gasteiger partial charge in [-0.25, -0.2) is 17.6 Å². The van der Waals surface area contributed by atoms with Crippen LogP contribution in [0.25, 0.3) is 0 Å². The van der Waals surface area contributed by atoms with E-state index < -0.39 is 86.2 Å². The highest BCUT2D eigenvalue weighted by atomic mass is 35.5. The molecule has 3 amide bonds. The number of hydrogen-bond donors (Lipinski definition) is 3. The van der Waals surface area contributed by atoms with Gasteiger partial charge in [0.1, 0.15) is 15.8 Å². The van der Waals surface area contributed by atoms with E-state index in [4.69, 9.17) is 46.4 Å². The number of nitrogens with one attached hydrogen (secondary N) is 3. The molecule has 0 radical (unpaired) electrons. The van der Waals surface area contributed by atoms with E-state index in [2.05, 4.69) is 5.32 Å². The first-order chi connectivity index (χ1) is 19.1. The summed E-state index contributed by atoms with van der Waals surface area (Å²) in [7, 11) is 0. The monoisotopic (exact) mass is 657 g/mol. The lowest BCUT2D eigenvalue weighted by Gasteiger charge is -2.13. The van der Waals surface area contributed by atoms with Gasteiger partial charge in [-0.2, -0.15) is 8.78 Å². The summed E-state index contributed by atoms with van der Waals surface area (Å²) in [5, 5.41) is 5.81. The third-order valence-electron chi connectivity index (χ3n) is 5.96. The Hall–Kier alpha value is -3.19. The van der Waals surface area contributed by atoms with Crippen LogP contribution in [0.4, 0.5) is 43.4 Å². The van der Waals surface area contributed by atoms with Crippen LogP contribution in [-0.2, 0) is 9.59 Å². The quantitative estimate of drug-likeness (QED) is 0.181. The van der Waals surface area contributed by atoms with Gasteiger partial charge in [-0.05, 0) is 35.9 Å². The van der Waals surface area contributed by atoms with Gasteiger partial charge in [0.05, 0.1) is 27.2 Å². The standard InChI is InChI=1S/C25H13Cl4F6N3O3/c26-11-2-1-8(5-12(11)27)16-17(25(16,28)29)23(40)36-9-6-10(18(32)14(31)7-9)22(39)38-20-13(30)3-4-15(19(20)33)37-24(41)21(34)35/h1-7,16-17,21H,(H,36,40)(H,37,41)(H,38,39)/t16-,17?/m0/s1.